The van der Waals surface area contributed by atoms with Crippen LogP contribution in [0.25, 0.3) is 109 Å². The number of fused-ring (bicyclic) bond motifs is 9. The van der Waals surface area contributed by atoms with E-state index in [4.69, 9.17) is 9.90 Å². The van der Waals surface area contributed by atoms with Gasteiger partial charge in [0.15, 0.2) is 0 Å². The normalized spacial score (nSPS) is 14.1. The quantitative estimate of drug-likeness (QED) is 0.136. The number of hydrogen-bond donors (Lipinski definition) is 0. The van der Waals surface area contributed by atoms with E-state index in [1.54, 1.807) is 0 Å². The van der Waals surface area contributed by atoms with Gasteiger partial charge in [-0.15, -0.1) is 0 Å². The van der Waals surface area contributed by atoms with Gasteiger partial charge in [0.05, 0.1) is 11.0 Å². The maximum atomic E-state index is 9.49. The molecular formula is C50H30O. The molecule has 11 rings (SSSR count). The fraction of sp³-hybridized carbons (Fsp3) is 0. The molecule has 1 heterocycles. The monoisotopic (exact) mass is 654 g/mol. The number of hydrogen-bond acceptors (Lipinski definition) is 1. The van der Waals surface area contributed by atoms with Crippen molar-refractivity contribution in [3.8, 4) is 33.4 Å². The second-order valence-corrected chi connectivity index (χ2v) is 13.0. The summed E-state index contributed by atoms with van der Waals surface area (Å²) in [5.74, 6) is 0. The molecule has 0 atom stereocenters. The van der Waals surface area contributed by atoms with Crippen molar-refractivity contribution in [2.45, 2.75) is 0 Å². The van der Waals surface area contributed by atoms with Crippen LogP contribution in [0.4, 0.5) is 0 Å². The average molecular weight is 655 g/mol. The SMILES string of the molecule is [2H]c1c([2H])c([2H])c2c(-c3cccc4oc5c(-c6ccc7c(ccc8ccccc87)c6)cccc5c34)c3c([2H])c([2H])c([2H])c([2H])c3c(-c3ccc4ccccc4c3)c2c1[2H]. The van der Waals surface area contributed by atoms with Crippen LogP contribution in [0.2, 0.25) is 0 Å². The Labute approximate surface area is 305 Å². The van der Waals surface area contributed by atoms with E-state index in [-0.39, 0.29) is 51.3 Å². The lowest BCUT2D eigenvalue weighted by molar-refractivity contribution is 0.670. The van der Waals surface area contributed by atoms with E-state index in [0.29, 0.717) is 33.2 Å². The zero-order valence-electron chi connectivity index (χ0n) is 35.1. The van der Waals surface area contributed by atoms with Gasteiger partial charge >= 0.3 is 0 Å². The zero-order valence-corrected chi connectivity index (χ0v) is 27.1. The van der Waals surface area contributed by atoms with E-state index in [2.05, 4.69) is 42.5 Å². The van der Waals surface area contributed by atoms with Gasteiger partial charge < -0.3 is 4.42 Å². The van der Waals surface area contributed by atoms with Crippen molar-refractivity contribution < 1.29 is 15.4 Å². The summed E-state index contributed by atoms with van der Waals surface area (Å²) in [5, 5.41) is 8.50. The summed E-state index contributed by atoms with van der Waals surface area (Å²) in [6, 6.07) is 40.9. The van der Waals surface area contributed by atoms with Crippen LogP contribution < -0.4 is 0 Å². The minimum atomic E-state index is -0.441. The van der Waals surface area contributed by atoms with E-state index >= 15 is 0 Å². The third kappa shape index (κ3) is 4.22. The molecule has 0 aliphatic heterocycles. The molecule has 0 saturated heterocycles. The van der Waals surface area contributed by atoms with Crippen molar-refractivity contribution in [2.24, 2.45) is 0 Å². The van der Waals surface area contributed by atoms with E-state index in [0.717, 1.165) is 38.1 Å². The highest BCUT2D eigenvalue weighted by molar-refractivity contribution is 6.26. The highest BCUT2D eigenvalue weighted by Crippen LogP contribution is 2.48. The second-order valence-electron chi connectivity index (χ2n) is 13.0. The fourth-order valence-electron chi connectivity index (χ4n) is 7.99. The van der Waals surface area contributed by atoms with Crippen LogP contribution >= 0.6 is 0 Å². The van der Waals surface area contributed by atoms with Gasteiger partial charge in [-0.05, 0) is 99.9 Å². The van der Waals surface area contributed by atoms with Gasteiger partial charge in [-0.2, -0.15) is 0 Å². The van der Waals surface area contributed by atoms with Crippen LogP contribution in [0.15, 0.2) is 186 Å². The molecule has 1 nitrogen and oxygen atoms in total. The first-order valence-corrected chi connectivity index (χ1v) is 16.9. The van der Waals surface area contributed by atoms with Crippen LogP contribution in [0.5, 0.6) is 0 Å². The van der Waals surface area contributed by atoms with Crippen molar-refractivity contribution >= 4 is 75.8 Å². The summed E-state index contributed by atoms with van der Waals surface area (Å²) < 4.78 is 80.1. The first kappa shape index (κ1) is 21.4. The lowest BCUT2D eigenvalue weighted by Gasteiger charge is -2.18. The van der Waals surface area contributed by atoms with Crippen LogP contribution in [-0.2, 0) is 0 Å². The third-order valence-corrected chi connectivity index (χ3v) is 10.3. The molecule has 1 heteroatoms. The Morgan fingerprint density at radius 1 is 0.373 bits per heavy atom. The smallest absolute Gasteiger partial charge is 0.143 e. The predicted octanol–water partition coefficient (Wildman–Crippen LogP) is 14.4. The van der Waals surface area contributed by atoms with Crippen LogP contribution in [0.1, 0.15) is 11.0 Å². The summed E-state index contributed by atoms with van der Waals surface area (Å²) in [7, 11) is 0. The molecule has 0 radical (unpaired) electrons. The molecule has 0 fully saturated rings. The van der Waals surface area contributed by atoms with Crippen LogP contribution in [-0.4, -0.2) is 0 Å². The Morgan fingerprint density at radius 3 is 1.75 bits per heavy atom. The maximum Gasteiger partial charge on any atom is 0.143 e. The van der Waals surface area contributed by atoms with E-state index in [1.165, 1.54) is 10.8 Å². The average Bonchev–Trinajstić information content (AvgIpc) is 3.67. The highest BCUT2D eigenvalue weighted by atomic mass is 16.3. The molecule has 0 aliphatic rings. The van der Waals surface area contributed by atoms with Gasteiger partial charge in [0, 0.05) is 16.3 Å². The third-order valence-electron chi connectivity index (χ3n) is 10.3. The lowest BCUT2D eigenvalue weighted by Crippen LogP contribution is -1.91. The maximum absolute atomic E-state index is 9.49. The van der Waals surface area contributed by atoms with Crippen LogP contribution in [0, 0.1) is 0 Å². The molecule has 0 spiro atoms. The Bertz CT molecular complexity index is 3580. The predicted molar refractivity (Wildman–Crippen MR) is 218 cm³/mol. The van der Waals surface area contributed by atoms with Gasteiger partial charge in [0.2, 0.25) is 0 Å². The molecule has 0 amide bonds. The molecule has 0 bridgehead atoms. The molecule has 0 aliphatic carbocycles. The molecule has 1 aromatic heterocycles. The minimum Gasteiger partial charge on any atom is -0.455 e. The number of furan rings is 1. The summed E-state index contributed by atoms with van der Waals surface area (Å²) in [6.07, 6.45) is 0. The van der Waals surface area contributed by atoms with E-state index < -0.39 is 24.2 Å². The van der Waals surface area contributed by atoms with E-state index in [9.17, 15) is 5.48 Å². The molecule has 10 aromatic carbocycles. The highest BCUT2D eigenvalue weighted by Gasteiger charge is 2.21. The van der Waals surface area contributed by atoms with Gasteiger partial charge in [-0.1, -0.05) is 164 Å². The fourth-order valence-corrected chi connectivity index (χ4v) is 7.99. The van der Waals surface area contributed by atoms with Crippen molar-refractivity contribution in [1.29, 1.82) is 0 Å². The van der Waals surface area contributed by atoms with Crippen LogP contribution in [0.3, 0.4) is 0 Å². The number of benzene rings is 10. The zero-order chi connectivity index (χ0) is 40.4. The Hall–Kier alpha value is -6.70. The summed E-state index contributed by atoms with van der Waals surface area (Å²) >= 11 is 0. The van der Waals surface area contributed by atoms with Crippen molar-refractivity contribution in [1.82, 2.24) is 0 Å². The van der Waals surface area contributed by atoms with Crippen molar-refractivity contribution in [2.75, 3.05) is 0 Å². The van der Waals surface area contributed by atoms with Gasteiger partial charge in [-0.3, -0.25) is 0 Å². The standard InChI is InChI=1S/C50H30O/c1-2-13-33-29-36(26-23-31(33)11-1)47-40-15-5-7-17-42(40)48(43-18-8-6-16-41(43)47)44-20-10-22-46-49(44)45-21-9-19-39(50(45)51-46)35-27-28-38-34(30-35)25-24-32-12-3-4-14-37(32)38/h1-30H/i5D,6D,7D,8D,15D,16D,17D,18D. The summed E-state index contributed by atoms with van der Waals surface area (Å²) in [5.41, 5.74) is 4.68. The molecular weight excluding hydrogens is 617 g/mol. The molecule has 51 heavy (non-hydrogen) atoms. The summed E-state index contributed by atoms with van der Waals surface area (Å²) in [6.45, 7) is 0. The first-order valence-electron chi connectivity index (χ1n) is 20.9. The molecule has 0 N–H and O–H groups in total. The van der Waals surface area contributed by atoms with Gasteiger partial charge in [-0.25, -0.2) is 0 Å². The lowest BCUT2D eigenvalue weighted by atomic mass is 9.84. The van der Waals surface area contributed by atoms with Gasteiger partial charge in [0.1, 0.15) is 11.2 Å². The topological polar surface area (TPSA) is 13.1 Å². The Kier molecular flexibility index (Phi) is 4.57. The van der Waals surface area contributed by atoms with Crippen molar-refractivity contribution in [3.05, 3.63) is 182 Å². The van der Waals surface area contributed by atoms with Crippen molar-refractivity contribution in [3.63, 3.8) is 0 Å². The molecule has 0 saturated carbocycles. The minimum absolute atomic E-state index is 0.163. The van der Waals surface area contributed by atoms with Gasteiger partial charge in [0.25, 0.3) is 0 Å². The second kappa shape index (κ2) is 10.9. The largest absolute Gasteiger partial charge is 0.455 e. The Morgan fingerprint density at radius 2 is 0.941 bits per heavy atom. The Balaban J connectivity index is 1.28. The molecule has 236 valence electrons. The number of rotatable bonds is 3. The van der Waals surface area contributed by atoms with E-state index in [1.807, 2.05) is 91.0 Å². The summed E-state index contributed by atoms with van der Waals surface area (Å²) in [4.78, 5) is 0. The molecule has 11 aromatic rings. The number of para-hydroxylation sites is 1. The molecule has 0 unspecified atom stereocenters. The first-order chi connectivity index (χ1) is 28.6.